The molecular formula is C15H11ClN2O. The average molecular weight is 271 g/mol. The Morgan fingerprint density at radius 2 is 1.68 bits per heavy atom. The molecule has 0 amide bonds. The maximum absolute atomic E-state index is 5.73. The number of hydrogen-bond acceptors (Lipinski definition) is 3. The second kappa shape index (κ2) is 5.24. The fourth-order valence-electron chi connectivity index (χ4n) is 1.85. The van der Waals surface area contributed by atoms with Crippen molar-refractivity contribution in [1.29, 1.82) is 0 Å². The van der Waals surface area contributed by atoms with Crippen molar-refractivity contribution in [1.82, 2.24) is 9.97 Å². The number of nitrogens with zero attached hydrogens (tertiary/aromatic N) is 2. The number of benzene rings is 2. The normalized spacial score (nSPS) is 10.6. The highest BCUT2D eigenvalue weighted by molar-refractivity contribution is 6.17. The molecule has 0 aliphatic rings. The largest absolute Gasteiger partial charge is 0.424 e. The van der Waals surface area contributed by atoms with Gasteiger partial charge in [0.25, 0.3) is 0 Å². The Balaban J connectivity index is 1.96. The first-order valence-corrected chi connectivity index (χ1v) is 6.43. The van der Waals surface area contributed by atoms with Gasteiger partial charge in [-0.15, -0.1) is 11.6 Å². The molecule has 0 aliphatic carbocycles. The van der Waals surface area contributed by atoms with Crippen molar-refractivity contribution in [3.05, 3.63) is 60.4 Å². The highest BCUT2D eigenvalue weighted by Crippen LogP contribution is 2.27. The first kappa shape index (κ1) is 11.9. The first-order valence-electron chi connectivity index (χ1n) is 5.89. The van der Waals surface area contributed by atoms with E-state index in [0.717, 1.165) is 22.1 Å². The third kappa shape index (κ3) is 2.51. The molecule has 0 bridgehead atoms. The van der Waals surface area contributed by atoms with E-state index in [1.807, 2.05) is 42.5 Å². The predicted molar refractivity (Wildman–Crippen MR) is 75.6 cm³/mol. The van der Waals surface area contributed by atoms with Crippen molar-refractivity contribution >= 4 is 22.4 Å². The van der Waals surface area contributed by atoms with Gasteiger partial charge in [-0.1, -0.05) is 36.4 Å². The molecule has 0 fully saturated rings. The minimum atomic E-state index is 0.324. The van der Waals surface area contributed by atoms with Gasteiger partial charge in [-0.3, -0.25) is 0 Å². The minimum absolute atomic E-state index is 0.324. The molecule has 1 aromatic heterocycles. The summed E-state index contributed by atoms with van der Waals surface area (Å²) in [4.78, 5) is 8.27. The molecule has 2 aromatic carbocycles. The highest BCUT2D eigenvalue weighted by Gasteiger charge is 2.04. The number of hydrogen-bond donors (Lipinski definition) is 0. The molecule has 0 N–H and O–H groups in total. The summed E-state index contributed by atoms with van der Waals surface area (Å²) in [6.07, 6.45) is 3.33. The van der Waals surface area contributed by atoms with Gasteiger partial charge in [0.15, 0.2) is 0 Å². The summed E-state index contributed by atoms with van der Waals surface area (Å²) in [5, 5.41) is 2.16. The SMILES string of the molecule is ClCc1cnc(Oc2cccc3ccccc23)nc1. The third-order valence-electron chi connectivity index (χ3n) is 2.79. The van der Waals surface area contributed by atoms with Crippen LogP contribution in [0.3, 0.4) is 0 Å². The summed E-state index contributed by atoms with van der Waals surface area (Å²) in [6.45, 7) is 0. The summed E-state index contributed by atoms with van der Waals surface area (Å²) in [7, 11) is 0. The van der Waals surface area contributed by atoms with Crippen molar-refractivity contribution in [2.24, 2.45) is 0 Å². The van der Waals surface area contributed by atoms with Crippen molar-refractivity contribution in [2.45, 2.75) is 5.88 Å². The fraction of sp³-hybridized carbons (Fsp3) is 0.0667. The van der Waals surface area contributed by atoms with E-state index in [1.54, 1.807) is 12.4 Å². The number of alkyl halides is 1. The van der Waals surface area contributed by atoms with E-state index in [0.29, 0.717) is 11.9 Å². The number of fused-ring (bicyclic) bond motifs is 1. The molecule has 3 aromatic rings. The van der Waals surface area contributed by atoms with Crippen LogP contribution in [-0.4, -0.2) is 9.97 Å². The predicted octanol–water partition coefficient (Wildman–Crippen LogP) is 4.16. The summed E-state index contributed by atoms with van der Waals surface area (Å²) in [6, 6.07) is 14.2. The van der Waals surface area contributed by atoms with Gasteiger partial charge in [-0.25, -0.2) is 9.97 Å². The molecule has 3 nitrogen and oxygen atoms in total. The topological polar surface area (TPSA) is 35.0 Å². The van der Waals surface area contributed by atoms with Crippen LogP contribution in [-0.2, 0) is 5.88 Å². The molecule has 0 atom stereocenters. The van der Waals surface area contributed by atoms with E-state index in [1.165, 1.54) is 0 Å². The second-order valence-electron chi connectivity index (χ2n) is 4.09. The molecule has 0 saturated heterocycles. The fourth-order valence-corrected chi connectivity index (χ4v) is 1.99. The minimum Gasteiger partial charge on any atom is -0.424 e. The summed E-state index contributed by atoms with van der Waals surface area (Å²) in [5.74, 6) is 1.14. The highest BCUT2D eigenvalue weighted by atomic mass is 35.5. The van der Waals surface area contributed by atoms with Gasteiger partial charge in [-0.2, -0.15) is 0 Å². The Kier molecular flexibility index (Phi) is 3.29. The zero-order chi connectivity index (χ0) is 13.1. The van der Waals surface area contributed by atoms with Crippen molar-refractivity contribution in [3.8, 4) is 11.8 Å². The first-order chi connectivity index (χ1) is 9.36. The summed E-state index contributed by atoms with van der Waals surface area (Å²) in [5.41, 5.74) is 0.868. The van der Waals surface area contributed by atoms with Gasteiger partial charge in [0, 0.05) is 23.3 Å². The van der Waals surface area contributed by atoms with E-state index in [2.05, 4.69) is 9.97 Å². The smallest absolute Gasteiger partial charge is 0.321 e. The molecular weight excluding hydrogens is 260 g/mol. The Hall–Kier alpha value is -2.13. The van der Waals surface area contributed by atoms with E-state index in [-0.39, 0.29) is 0 Å². The summed E-state index contributed by atoms with van der Waals surface area (Å²) >= 11 is 5.70. The van der Waals surface area contributed by atoms with Crippen LogP contribution in [0.2, 0.25) is 0 Å². The number of ether oxygens (including phenoxy) is 1. The Labute approximate surface area is 115 Å². The molecule has 4 heteroatoms. The van der Waals surface area contributed by atoms with Crippen LogP contribution in [0.5, 0.6) is 11.8 Å². The average Bonchev–Trinajstić information content (AvgIpc) is 2.48. The van der Waals surface area contributed by atoms with Crippen molar-refractivity contribution < 1.29 is 4.74 Å². The lowest BCUT2D eigenvalue weighted by atomic mass is 10.1. The van der Waals surface area contributed by atoms with Crippen LogP contribution >= 0.6 is 11.6 Å². The molecule has 0 saturated carbocycles. The maximum atomic E-state index is 5.73. The maximum Gasteiger partial charge on any atom is 0.321 e. The van der Waals surface area contributed by atoms with Crippen LogP contribution in [0.25, 0.3) is 10.8 Å². The van der Waals surface area contributed by atoms with Gasteiger partial charge >= 0.3 is 6.01 Å². The van der Waals surface area contributed by atoms with Crippen LogP contribution in [0, 0.1) is 0 Å². The Bertz CT molecular complexity index is 693. The molecule has 0 unspecified atom stereocenters. The molecule has 0 radical (unpaired) electrons. The molecule has 19 heavy (non-hydrogen) atoms. The van der Waals surface area contributed by atoms with Gasteiger partial charge < -0.3 is 4.74 Å². The van der Waals surface area contributed by atoms with Crippen LogP contribution < -0.4 is 4.74 Å². The lowest BCUT2D eigenvalue weighted by molar-refractivity contribution is 0.446. The van der Waals surface area contributed by atoms with Crippen LogP contribution in [0.1, 0.15) is 5.56 Å². The van der Waals surface area contributed by atoms with E-state index < -0.39 is 0 Å². The number of rotatable bonds is 3. The van der Waals surface area contributed by atoms with Crippen molar-refractivity contribution in [3.63, 3.8) is 0 Å². The van der Waals surface area contributed by atoms with E-state index >= 15 is 0 Å². The van der Waals surface area contributed by atoms with E-state index in [4.69, 9.17) is 16.3 Å². The lowest BCUT2D eigenvalue weighted by Crippen LogP contribution is -1.93. The molecule has 94 valence electrons. The van der Waals surface area contributed by atoms with Crippen LogP contribution in [0.15, 0.2) is 54.9 Å². The number of aromatic nitrogens is 2. The zero-order valence-corrected chi connectivity index (χ0v) is 10.8. The lowest BCUT2D eigenvalue weighted by Gasteiger charge is -2.07. The Morgan fingerprint density at radius 3 is 2.47 bits per heavy atom. The number of halogens is 1. The third-order valence-corrected chi connectivity index (χ3v) is 3.10. The van der Waals surface area contributed by atoms with Gasteiger partial charge in [0.2, 0.25) is 0 Å². The van der Waals surface area contributed by atoms with Crippen LogP contribution in [0.4, 0.5) is 0 Å². The zero-order valence-electron chi connectivity index (χ0n) is 10.1. The van der Waals surface area contributed by atoms with E-state index in [9.17, 15) is 0 Å². The second-order valence-corrected chi connectivity index (χ2v) is 4.35. The van der Waals surface area contributed by atoms with Gasteiger partial charge in [-0.05, 0) is 11.5 Å². The molecule has 3 rings (SSSR count). The molecule has 0 aliphatic heterocycles. The summed E-state index contributed by atoms with van der Waals surface area (Å²) < 4.78 is 5.73. The molecule has 0 spiro atoms. The standard InChI is InChI=1S/C15H11ClN2O/c16-8-11-9-17-15(18-10-11)19-14-7-3-5-12-4-1-2-6-13(12)14/h1-7,9-10H,8H2. The van der Waals surface area contributed by atoms with Crippen molar-refractivity contribution in [2.75, 3.05) is 0 Å². The quantitative estimate of drug-likeness (QED) is 0.670. The molecule has 1 heterocycles. The monoisotopic (exact) mass is 270 g/mol. The Morgan fingerprint density at radius 1 is 0.947 bits per heavy atom. The van der Waals surface area contributed by atoms with Gasteiger partial charge in [0.1, 0.15) is 5.75 Å². The van der Waals surface area contributed by atoms with Gasteiger partial charge in [0.05, 0.1) is 5.88 Å².